The lowest BCUT2D eigenvalue weighted by atomic mass is 9.75. The maximum Gasteiger partial charge on any atom is 0.0928 e. The average Bonchev–Trinajstić information content (AvgIpc) is 2.03. The van der Waals surface area contributed by atoms with E-state index in [2.05, 4.69) is 6.07 Å². The van der Waals surface area contributed by atoms with Crippen molar-refractivity contribution in [2.75, 3.05) is 12.8 Å². The van der Waals surface area contributed by atoms with Crippen LogP contribution in [-0.2, 0) is 10.3 Å². The molecular formula is C11H15NO. The van der Waals surface area contributed by atoms with Crippen molar-refractivity contribution in [1.82, 2.24) is 0 Å². The molecule has 0 unspecified atom stereocenters. The minimum absolute atomic E-state index is 0.0324. The highest BCUT2D eigenvalue weighted by molar-refractivity contribution is 5.43. The molecule has 0 aromatic heterocycles. The van der Waals surface area contributed by atoms with Gasteiger partial charge in [0.05, 0.1) is 5.60 Å². The summed E-state index contributed by atoms with van der Waals surface area (Å²) in [5.74, 6) is 0. The fourth-order valence-corrected chi connectivity index (χ4v) is 1.93. The van der Waals surface area contributed by atoms with Gasteiger partial charge in [-0.3, -0.25) is 0 Å². The van der Waals surface area contributed by atoms with Crippen LogP contribution in [0.25, 0.3) is 0 Å². The lowest BCUT2D eigenvalue weighted by molar-refractivity contribution is -0.0778. The Hall–Kier alpha value is -1.02. The number of rotatable bonds is 2. The molecule has 0 saturated heterocycles. The molecule has 70 valence electrons. The molecular weight excluding hydrogens is 162 g/mol. The van der Waals surface area contributed by atoms with Crippen LogP contribution < -0.4 is 5.73 Å². The molecule has 1 aliphatic carbocycles. The van der Waals surface area contributed by atoms with Crippen molar-refractivity contribution in [2.45, 2.75) is 24.9 Å². The minimum atomic E-state index is -0.0324. The molecule has 1 aromatic rings. The van der Waals surface area contributed by atoms with Gasteiger partial charge in [-0.25, -0.2) is 0 Å². The summed E-state index contributed by atoms with van der Waals surface area (Å²) in [6, 6.07) is 8.01. The van der Waals surface area contributed by atoms with Gasteiger partial charge in [-0.2, -0.15) is 0 Å². The van der Waals surface area contributed by atoms with E-state index in [-0.39, 0.29) is 5.60 Å². The van der Waals surface area contributed by atoms with Gasteiger partial charge in [0.2, 0.25) is 0 Å². The molecule has 0 amide bonds. The second-order valence-electron chi connectivity index (χ2n) is 3.68. The van der Waals surface area contributed by atoms with Crippen LogP contribution in [0.4, 0.5) is 5.69 Å². The third-order valence-electron chi connectivity index (χ3n) is 2.96. The normalized spacial score (nSPS) is 19.5. The first-order valence-electron chi connectivity index (χ1n) is 4.68. The molecule has 2 nitrogen and oxygen atoms in total. The molecule has 2 rings (SSSR count). The quantitative estimate of drug-likeness (QED) is 0.703. The topological polar surface area (TPSA) is 35.2 Å². The van der Waals surface area contributed by atoms with E-state index in [0.29, 0.717) is 0 Å². The molecule has 1 saturated carbocycles. The number of hydrogen-bond donors (Lipinski definition) is 1. The Bertz CT molecular complexity index is 299. The standard InChI is InChI=1S/C11H15NO/c1-13-11(6-3-7-11)9-4-2-5-10(12)8-9/h2,4-5,8H,3,6-7,12H2,1H3. The number of nitrogens with two attached hydrogens (primary N) is 1. The first-order chi connectivity index (χ1) is 6.27. The van der Waals surface area contributed by atoms with E-state index in [0.717, 1.165) is 18.5 Å². The fourth-order valence-electron chi connectivity index (χ4n) is 1.93. The summed E-state index contributed by atoms with van der Waals surface area (Å²) in [7, 11) is 1.78. The van der Waals surface area contributed by atoms with Gasteiger partial charge in [0.15, 0.2) is 0 Å². The SMILES string of the molecule is COC1(c2cccc(N)c2)CCC1. The van der Waals surface area contributed by atoms with Crippen molar-refractivity contribution in [2.24, 2.45) is 0 Å². The predicted molar refractivity (Wildman–Crippen MR) is 53.4 cm³/mol. The van der Waals surface area contributed by atoms with Crippen LogP contribution in [0.5, 0.6) is 0 Å². The summed E-state index contributed by atoms with van der Waals surface area (Å²) < 4.78 is 5.56. The maximum atomic E-state index is 5.73. The molecule has 1 fully saturated rings. The molecule has 13 heavy (non-hydrogen) atoms. The van der Waals surface area contributed by atoms with Crippen LogP contribution in [0.3, 0.4) is 0 Å². The van der Waals surface area contributed by atoms with E-state index < -0.39 is 0 Å². The van der Waals surface area contributed by atoms with Crippen molar-refractivity contribution in [3.63, 3.8) is 0 Å². The number of nitrogen functional groups attached to an aromatic ring is 1. The molecule has 0 atom stereocenters. The number of anilines is 1. The summed E-state index contributed by atoms with van der Waals surface area (Å²) in [6.45, 7) is 0. The van der Waals surface area contributed by atoms with Crippen LogP contribution in [0.1, 0.15) is 24.8 Å². The molecule has 1 aliphatic rings. The maximum absolute atomic E-state index is 5.73. The van der Waals surface area contributed by atoms with Crippen molar-refractivity contribution < 1.29 is 4.74 Å². The minimum Gasteiger partial charge on any atom is -0.399 e. The van der Waals surface area contributed by atoms with Crippen molar-refractivity contribution >= 4 is 5.69 Å². The van der Waals surface area contributed by atoms with Gasteiger partial charge >= 0.3 is 0 Å². The summed E-state index contributed by atoms with van der Waals surface area (Å²) >= 11 is 0. The van der Waals surface area contributed by atoms with Crippen molar-refractivity contribution in [3.8, 4) is 0 Å². The Labute approximate surface area is 78.7 Å². The second kappa shape index (κ2) is 3.04. The third kappa shape index (κ3) is 1.31. The molecule has 0 aliphatic heterocycles. The van der Waals surface area contributed by atoms with E-state index in [1.165, 1.54) is 12.0 Å². The van der Waals surface area contributed by atoms with E-state index in [4.69, 9.17) is 10.5 Å². The summed E-state index contributed by atoms with van der Waals surface area (Å²) in [6.07, 6.45) is 3.49. The monoisotopic (exact) mass is 177 g/mol. The molecule has 0 radical (unpaired) electrons. The average molecular weight is 177 g/mol. The molecule has 0 heterocycles. The Balaban J connectivity index is 2.33. The van der Waals surface area contributed by atoms with Gasteiger partial charge in [-0.05, 0) is 37.0 Å². The Morgan fingerprint density at radius 1 is 1.38 bits per heavy atom. The summed E-state index contributed by atoms with van der Waals surface area (Å²) in [4.78, 5) is 0. The smallest absolute Gasteiger partial charge is 0.0928 e. The van der Waals surface area contributed by atoms with E-state index >= 15 is 0 Å². The highest BCUT2D eigenvalue weighted by atomic mass is 16.5. The van der Waals surface area contributed by atoms with Crippen molar-refractivity contribution in [3.05, 3.63) is 29.8 Å². The first kappa shape index (κ1) is 8.57. The molecule has 0 spiro atoms. The largest absolute Gasteiger partial charge is 0.399 e. The number of methoxy groups -OCH3 is 1. The summed E-state index contributed by atoms with van der Waals surface area (Å²) in [5, 5.41) is 0. The van der Waals surface area contributed by atoms with Gasteiger partial charge in [-0.15, -0.1) is 0 Å². The predicted octanol–water partition coefficient (Wildman–Crippen LogP) is 2.29. The van der Waals surface area contributed by atoms with E-state index in [1.54, 1.807) is 7.11 Å². The van der Waals surface area contributed by atoms with E-state index in [9.17, 15) is 0 Å². The first-order valence-corrected chi connectivity index (χ1v) is 4.68. The highest BCUT2D eigenvalue weighted by Gasteiger charge is 2.38. The molecule has 0 bridgehead atoms. The number of benzene rings is 1. The van der Waals surface area contributed by atoms with Crippen LogP contribution in [0, 0.1) is 0 Å². The number of ether oxygens (including phenoxy) is 1. The fraction of sp³-hybridized carbons (Fsp3) is 0.455. The zero-order valence-electron chi connectivity index (χ0n) is 7.92. The Morgan fingerprint density at radius 2 is 2.15 bits per heavy atom. The highest BCUT2D eigenvalue weighted by Crippen LogP contribution is 2.44. The third-order valence-corrected chi connectivity index (χ3v) is 2.96. The van der Waals surface area contributed by atoms with Gasteiger partial charge < -0.3 is 10.5 Å². The van der Waals surface area contributed by atoms with Gasteiger partial charge in [0.25, 0.3) is 0 Å². The van der Waals surface area contributed by atoms with Crippen LogP contribution in [0.15, 0.2) is 24.3 Å². The van der Waals surface area contributed by atoms with Crippen LogP contribution >= 0.6 is 0 Å². The van der Waals surface area contributed by atoms with Crippen LogP contribution in [0.2, 0.25) is 0 Å². The lowest BCUT2D eigenvalue weighted by Gasteiger charge is -2.41. The molecule has 2 heteroatoms. The Morgan fingerprint density at radius 3 is 2.62 bits per heavy atom. The van der Waals surface area contributed by atoms with Gasteiger partial charge in [0.1, 0.15) is 0 Å². The lowest BCUT2D eigenvalue weighted by Crippen LogP contribution is -2.36. The second-order valence-corrected chi connectivity index (χ2v) is 3.68. The van der Waals surface area contributed by atoms with Crippen LogP contribution in [-0.4, -0.2) is 7.11 Å². The molecule has 1 aromatic carbocycles. The van der Waals surface area contributed by atoms with E-state index in [1.807, 2.05) is 18.2 Å². The van der Waals surface area contributed by atoms with Gasteiger partial charge in [-0.1, -0.05) is 12.1 Å². The van der Waals surface area contributed by atoms with Crippen molar-refractivity contribution in [1.29, 1.82) is 0 Å². The Kier molecular flexibility index (Phi) is 2.00. The van der Waals surface area contributed by atoms with Gasteiger partial charge in [0, 0.05) is 12.8 Å². The zero-order chi connectivity index (χ0) is 9.31. The summed E-state index contributed by atoms with van der Waals surface area (Å²) in [5.41, 5.74) is 7.74. The zero-order valence-corrected chi connectivity index (χ0v) is 7.92. The number of hydrogen-bond acceptors (Lipinski definition) is 2. The molecule has 2 N–H and O–H groups in total.